The van der Waals surface area contributed by atoms with Gasteiger partial charge in [-0.1, -0.05) is 47.4 Å². The number of aliphatic imine (C=N–C) groups is 1. The Morgan fingerprint density at radius 2 is 2.03 bits per heavy atom. The number of β-lactam (4-membered cyclic amide) rings is 1. The van der Waals surface area contributed by atoms with Crippen LogP contribution in [0, 0.1) is 6.92 Å². The predicted octanol–water partition coefficient (Wildman–Crippen LogP) is 4.05. The van der Waals surface area contributed by atoms with E-state index in [0.29, 0.717) is 22.8 Å². The molecule has 1 fully saturated rings. The van der Waals surface area contributed by atoms with Gasteiger partial charge in [0.05, 0.1) is 7.11 Å². The van der Waals surface area contributed by atoms with Crippen molar-refractivity contribution in [1.82, 2.24) is 15.1 Å². The lowest BCUT2D eigenvalue weighted by atomic mass is 10.0. The molecule has 38 heavy (non-hydrogen) atoms. The van der Waals surface area contributed by atoms with Gasteiger partial charge in [0.15, 0.2) is 10.4 Å². The average molecular weight is 569 g/mol. The average Bonchev–Trinajstić information content (AvgIpc) is 3.36. The van der Waals surface area contributed by atoms with Crippen LogP contribution in [0.4, 0.5) is 0 Å². The van der Waals surface area contributed by atoms with Crippen LogP contribution in [0.5, 0.6) is 11.5 Å². The van der Waals surface area contributed by atoms with Gasteiger partial charge in [0, 0.05) is 23.3 Å². The van der Waals surface area contributed by atoms with Crippen LogP contribution >= 0.6 is 34.9 Å². The van der Waals surface area contributed by atoms with Crippen LogP contribution in [-0.2, 0) is 20.9 Å². The maximum Gasteiger partial charge on any atom is 0.355 e. The standard InChI is InChI=1S/C26H24N4O5S3/c1-15-28-29-26(38-15)37-14-18-13-36-24-21(27-11-17-5-3-4-6-20(17)31)23(32)30(24)22(18)25(33)35-12-16-7-9-19(34-2)10-8-16/h3-11,21,24,31H,12-14H2,1-2H3. The number of phenolic OH excluding ortho intramolecular Hbond substituents is 1. The molecule has 2 aliphatic rings. The van der Waals surface area contributed by atoms with Gasteiger partial charge in [-0.15, -0.1) is 22.0 Å². The van der Waals surface area contributed by atoms with E-state index in [1.807, 2.05) is 19.1 Å². The van der Waals surface area contributed by atoms with Gasteiger partial charge >= 0.3 is 5.97 Å². The van der Waals surface area contributed by atoms with Crippen molar-refractivity contribution in [2.24, 2.45) is 4.99 Å². The molecule has 196 valence electrons. The Hall–Kier alpha value is -3.35. The summed E-state index contributed by atoms with van der Waals surface area (Å²) in [6, 6.07) is 13.4. The zero-order valence-electron chi connectivity index (χ0n) is 20.6. The normalized spacial score (nSPS) is 18.9. The molecule has 0 spiro atoms. The Morgan fingerprint density at radius 1 is 1.24 bits per heavy atom. The number of methoxy groups -OCH3 is 1. The number of esters is 1. The molecule has 12 heteroatoms. The predicted molar refractivity (Wildman–Crippen MR) is 148 cm³/mol. The van der Waals surface area contributed by atoms with Crippen LogP contribution in [0.1, 0.15) is 16.1 Å². The molecule has 2 aliphatic heterocycles. The number of fused-ring (bicyclic) bond motifs is 1. The van der Waals surface area contributed by atoms with Gasteiger partial charge in [0.2, 0.25) is 0 Å². The molecule has 2 unspecified atom stereocenters. The molecule has 1 saturated heterocycles. The maximum atomic E-state index is 13.4. The van der Waals surface area contributed by atoms with Gasteiger partial charge in [-0.3, -0.25) is 14.7 Å². The van der Waals surface area contributed by atoms with Crippen molar-refractivity contribution < 1.29 is 24.2 Å². The minimum Gasteiger partial charge on any atom is -0.507 e. The Labute approximate surface area is 232 Å². The fraction of sp³-hybridized carbons (Fsp3) is 0.269. The van der Waals surface area contributed by atoms with Gasteiger partial charge in [-0.2, -0.15) is 0 Å². The van der Waals surface area contributed by atoms with Crippen LogP contribution in [0.15, 0.2) is 69.1 Å². The lowest BCUT2D eigenvalue weighted by molar-refractivity contribution is -0.151. The highest BCUT2D eigenvalue weighted by atomic mass is 32.2. The zero-order chi connectivity index (χ0) is 26.6. The third-order valence-corrected chi connectivity index (χ3v) is 9.31. The largest absolute Gasteiger partial charge is 0.507 e. The number of phenols is 1. The third kappa shape index (κ3) is 5.57. The molecule has 0 bridgehead atoms. The quantitative estimate of drug-likeness (QED) is 0.177. The number of ether oxygens (including phenoxy) is 2. The first-order valence-electron chi connectivity index (χ1n) is 11.7. The van der Waals surface area contributed by atoms with Crippen molar-refractivity contribution in [3.63, 3.8) is 0 Å². The second-order valence-electron chi connectivity index (χ2n) is 8.44. The van der Waals surface area contributed by atoms with E-state index < -0.39 is 12.0 Å². The van der Waals surface area contributed by atoms with Gasteiger partial charge in [-0.05, 0) is 42.3 Å². The maximum absolute atomic E-state index is 13.4. The van der Waals surface area contributed by atoms with Crippen LogP contribution < -0.4 is 4.74 Å². The van der Waals surface area contributed by atoms with E-state index in [9.17, 15) is 14.7 Å². The Balaban J connectivity index is 1.35. The topological polar surface area (TPSA) is 114 Å². The summed E-state index contributed by atoms with van der Waals surface area (Å²) in [4.78, 5) is 32.6. The fourth-order valence-electron chi connectivity index (χ4n) is 3.95. The van der Waals surface area contributed by atoms with Crippen molar-refractivity contribution in [2.45, 2.75) is 29.3 Å². The van der Waals surface area contributed by atoms with E-state index >= 15 is 0 Å². The number of hydrogen-bond donors (Lipinski definition) is 1. The summed E-state index contributed by atoms with van der Waals surface area (Å²) in [5.41, 5.74) is 2.41. The number of rotatable bonds is 9. The summed E-state index contributed by atoms with van der Waals surface area (Å²) < 4.78 is 11.6. The highest BCUT2D eigenvalue weighted by Gasteiger charge is 2.53. The second-order valence-corrected chi connectivity index (χ2v) is 12.0. The van der Waals surface area contributed by atoms with Crippen molar-refractivity contribution in [3.8, 4) is 11.5 Å². The number of amides is 1. The third-order valence-electron chi connectivity index (χ3n) is 5.93. The van der Waals surface area contributed by atoms with E-state index in [-0.39, 0.29) is 29.3 Å². The molecule has 0 saturated carbocycles. The fourth-order valence-corrected chi connectivity index (χ4v) is 7.24. The van der Waals surface area contributed by atoms with Crippen LogP contribution in [0.3, 0.4) is 0 Å². The van der Waals surface area contributed by atoms with Crippen molar-refractivity contribution in [3.05, 3.63) is 75.9 Å². The first kappa shape index (κ1) is 26.3. The number of carbonyl (C=O) groups excluding carboxylic acids is 2. The summed E-state index contributed by atoms with van der Waals surface area (Å²) >= 11 is 4.52. The van der Waals surface area contributed by atoms with Gasteiger partial charge in [-0.25, -0.2) is 4.79 Å². The molecular formula is C26H24N4O5S3. The summed E-state index contributed by atoms with van der Waals surface area (Å²) in [5, 5.41) is 18.8. The first-order chi connectivity index (χ1) is 18.4. The number of benzene rings is 2. The summed E-state index contributed by atoms with van der Waals surface area (Å²) in [5.74, 6) is 1.00. The van der Waals surface area contributed by atoms with Crippen molar-refractivity contribution in [1.29, 1.82) is 0 Å². The number of aryl methyl sites for hydroxylation is 1. The van der Waals surface area contributed by atoms with E-state index in [4.69, 9.17) is 9.47 Å². The monoisotopic (exact) mass is 568 g/mol. The van der Waals surface area contributed by atoms with E-state index in [1.54, 1.807) is 55.3 Å². The van der Waals surface area contributed by atoms with Crippen molar-refractivity contribution in [2.75, 3.05) is 18.6 Å². The van der Waals surface area contributed by atoms with Crippen LogP contribution in [-0.4, -0.2) is 68.3 Å². The minimum absolute atomic E-state index is 0.0665. The van der Waals surface area contributed by atoms with Crippen LogP contribution in [0.2, 0.25) is 0 Å². The molecule has 0 aliphatic carbocycles. The number of thioether (sulfide) groups is 2. The van der Waals surface area contributed by atoms with Crippen LogP contribution in [0.25, 0.3) is 0 Å². The summed E-state index contributed by atoms with van der Waals surface area (Å²) in [6.07, 6.45) is 1.50. The van der Waals surface area contributed by atoms with E-state index in [0.717, 1.165) is 20.5 Å². The van der Waals surface area contributed by atoms with E-state index in [1.165, 1.54) is 34.2 Å². The zero-order valence-corrected chi connectivity index (χ0v) is 23.0. The smallest absolute Gasteiger partial charge is 0.355 e. The number of carbonyl (C=O) groups is 2. The molecule has 2 atom stereocenters. The van der Waals surface area contributed by atoms with Gasteiger partial charge in [0.25, 0.3) is 5.91 Å². The molecule has 9 nitrogen and oxygen atoms in total. The van der Waals surface area contributed by atoms with Crippen molar-refractivity contribution >= 4 is 53.0 Å². The summed E-state index contributed by atoms with van der Waals surface area (Å²) in [6.45, 7) is 1.95. The SMILES string of the molecule is COc1ccc(COC(=O)C2=C(CSc3nnc(C)s3)CSC3C(N=Cc4ccccc4O)C(=O)N23)cc1. The molecule has 1 N–H and O–H groups in total. The molecule has 1 aromatic heterocycles. The molecule has 2 aromatic carbocycles. The molecule has 0 radical (unpaired) electrons. The minimum atomic E-state index is -0.649. The lowest BCUT2D eigenvalue weighted by Gasteiger charge is -2.48. The molecule has 3 heterocycles. The molecule has 3 aromatic rings. The summed E-state index contributed by atoms with van der Waals surface area (Å²) in [7, 11) is 1.59. The number of aromatic nitrogens is 2. The second kappa shape index (κ2) is 11.6. The number of para-hydroxylation sites is 1. The highest BCUT2D eigenvalue weighted by Crippen LogP contribution is 2.43. The number of hydrogen-bond acceptors (Lipinski definition) is 11. The number of aromatic hydroxyl groups is 1. The Morgan fingerprint density at radius 3 is 2.74 bits per heavy atom. The Kier molecular flexibility index (Phi) is 8.01. The lowest BCUT2D eigenvalue weighted by Crippen LogP contribution is -2.64. The number of nitrogens with zero attached hydrogens (tertiary/aromatic N) is 4. The molecule has 1 amide bonds. The first-order valence-corrected chi connectivity index (χ1v) is 14.5. The highest BCUT2D eigenvalue weighted by molar-refractivity contribution is 8.01. The molecule has 5 rings (SSSR count). The molecular weight excluding hydrogens is 545 g/mol. The van der Waals surface area contributed by atoms with E-state index in [2.05, 4.69) is 15.2 Å². The Bertz CT molecular complexity index is 1410. The van der Waals surface area contributed by atoms with Gasteiger partial charge < -0.3 is 14.6 Å². The van der Waals surface area contributed by atoms with Gasteiger partial charge in [0.1, 0.15) is 34.2 Å².